The number of aliphatic hydroxyl groups is 1. The number of hydrogen-bond acceptors (Lipinski definition) is 3. The first-order valence-corrected chi connectivity index (χ1v) is 8.34. The molecule has 2 aromatic carbocycles. The van der Waals surface area contributed by atoms with E-state index in [0.29, 0.717) is 5.56 Å². The Bertz CT molecular complexity index is 815. The fourth-order valence-electron chi connectivity index (χ4n) is 3.25. The van der Waals surface area contributed by atoms with Gasteiger partial charge in [-0.05, 0) is 49.2 Å². The molecule has 138 valence electrons. The lowest BCUT2D eigenvalue weighted by molar-refractivity contribution is 0.167. The normalized spacial score (nSPS) is 20.8. The number of nitrogens with zero attached hydrogens (tertiary/aromatic N) is 1. The summed E-state index contributed by atoms with van der Waals surface area (Å²) in [5.41, 5.74) is 0.744. The van der Waals surface area contributed by atoms with Gasteiger partial charge in [0.1, 0.15) is 17.4 Å². The molecule has 3 atom stereocenters. The van der Waals surface area contributed by atoms with E-state index in [4.69, 9.17) is 0 Å². The Balaban J connectivity index is 1.79. The van der Waals surface area contributed by atoms with Crippen LogP contribution in [0.1, 0.15) is 36.6 Å². The number of carbonyl (C=O) groups excluding carboxylic acids is 1. The van der Waals surface area contributed by atoms with Crippen molar-refractivity contribution in [2.24, 2.45) is 0 Å². The van der Waals surface area contributed by atoms with Crippen molar-refractivity contribution in [1.29, 1.82) is 0 Å². The number of nitrogens with one attached hydrogen (secondary N) is 1. The Morgan fingerprint density at radius 2 is 2.04 bits per heavy atom. The van der Waals surface area contributed by atoms with Gasteiger partial charge in [-0.3, -0.25) is 0 Å². The van der Waals surface area contributed by atoms with E-state index in [1.54, 1.807) is 19.1 Å². The van der Waals surface area contributed by atoms with Crippen LogP contribution in [0, 0.1) is 11.6 Å². The number of carbonyl (C=O) groups is 1. The molecule has 26 heavy (non-hydrogen) atoms. The molecule has 2 aromatic rings. The van der Waals surface area contributed by atoms with Crippen molar-refractivity contribution in [3.05, 3.63) is 65.2 Å². The van der Waals surface area contributed by atoms with Crippen LogP contribution in [0.4, 0.5) is 13.6 Å². The summed E-state index contributed by atoms with van der Waals surface area (Å²) >= 11 is 0. The smallest absolute Gasteiger partial charge is 0.318 e. The molecule has 2 unspecified atom stereocenters. The van der Waals surface area contributed by atoms with Crippen molar-refractivity contribution >= 4 is 6.03 Å². The van der Waals surface area contributed by atoms with E-state index in [2.05, 4.69) is 5.32 Å². The predicted octanol–water partition coefficient (Wildman–Crippen LogP) is 3.25. The number of phenols is 1. The highest BCUT2D eigenvalue weighted by Gasteiger charge is 2.37. The van der Waals surface area contributed by atoms with Gasteiger partial charge in [-0.25, -0.2) is 13.6 Å². The van der Waals surface area contributed by atoms with Crippen LogP contribution in [0.2, 0.25) is 0 Å². The predicted molar refractivity (Wildman–Crippen MR) is 91.5 cm³/mol. The molecule has 0 aliphatic carbocycles. The zero-order valence-electron chi connectivity index (χ0n) is 14.2. The minimum atomic E-state index is -0.815. The van der Waals surface area contributed by atoms with Crippen LogP contribution in [-0.4, -0.2) is 33.8 Å². The summed E-state index contributed by atoms with van der Waals surface area (Å²) < 4.78 is 27.6. The van der Waals surface area contributed by atoms with Crippen LogP contribution < -0.4 is 5.32 Å². The highest BCUT2D eigenvalue weighted by Crippen LogP contribution is 2.34. The molecule has 7 heteroatoms. The fourth-order valence-corrected chi connectivity index (χ4v) is 3.25. The van der Waals surface area contributed by atoms with E-state index in [0.717, 1.165) is 18.2 Å². The zero-order chi connectivity index (χ0) is 18.8. The van der Waals surface area contributed by atoms with Crippen molar-refractivity contribution in [2.75, 3.05) is 6.54 Å². The van der Waals surface area contributed by atoms with Gasteiger partial charge in [-0.2, -0.15) is 0 Å². The highest BCUT2D eigenvalue weighted by atomic mass is 19.1. The van der Waals surface area contributed by atoms with Crippen LogP contribution >= 0.6 is 0 Å². The van der Waals surface area contributed by atoms with Gasteiger partial charge >= 0.3 is 6.03 Å². The standard InChI is InChI=1S/C19H20F2N2O3/c1-11(12-3-2-4-14(24)7-12)22-19(26)23-10-15(25)9-18(23)16-8-13(20)5-6-17(16)21/h2-8,11,15,18,24-25H,9-10H2,1H3,(H,22,26)/t11-,15?,18?/m0/s1. The third-order valence-corrected chi connectivity index (χ3v) is 4.57. The molecule has 5 nitrogen and oxygen atoms in total. The largest absolute Gasteiger partial charge is 0.508 e. The van der Waals surface area contributed by atoms with Crippen molar-refractivity contribution in [3.8, 4) is 5.75 Å². The summed E-state index contributed by atoms with van der Waals surface area (Å²) in [6, 6.07) is 7.90. The Kier molecular flexibility index (Phi) is 5.08. The number of aromatic hydroxyl groups is 1. The van der Waals surface area contributed by atoms with Gasteiger partial charge in [-0.1, -0.05) is 12.1 Å². The number of hydrogen-bond donors (Lipinski definition) is 3. The Morgan fingerprint density at radius 1 is 1.27 bits per heavy atom. The molecule has 0 radical (unpaired) electrons. The summed E-state index contributed by atoms with van der Waals surface area (Å²) in [7, 11) is 0. The number of benzene rings is 2. The molecule has 1 heterocycles. The van der Waals surface area contributed by atoms with Crippen LogP contribution in [-0.2, 0) is 0 Å². The van der Waals surface area contributed by atoms with E-state index >= 15 is 0 Å². The Morgan fingerprint density at radius 3 is 2.77 bits per heavy atom. The van der Waals surface area contributed by atoms with Gasteiger partial charge in [0.25, 0.3) is 0 Å². The lowest BCUT2D eigenvalue weighted by atomic mass is 10.0. The first-order chi connectivity index (χ1) is 12.3. The van der Waals surface area contributed by atoms with Gasteiger partial charge in [0.05, 0.1) is 18.2 Å². The average molecular weight is 362 g/mol. The second-order valence-corrected chi connectivity index (χ2v) is 6.49. The monoisotopic (exact) mass is 362 g/mol. The summed E-state index contributed by atoms with van der Waals surface area (Å²) in [5, 5.41) is 22.3. The van der Waals surface area contributed by atoms with E-state index < -0.39 is 35.9 Å². The maximum atomic E-state index is 14.1. The number of halogens is 2. The fraction of sp³-hybridized carbons (Fsp3) is 0.316. The Hall–Kier alpha value is -2.67. The summed E-state index contributed by atoms with van der Waals surface area (Å²) in [4.78, 5) is 14.0. The summed E-state index contributed by atoms with van der Waals surface area (Å²) in [6.45, 7) is 1.77. The first-order valence-electron chi connectivity index (χ1n) is 8.34. The molecular weight excluding hydrogens is 342 g/mol. The van der Waals surface area contributed by atoms with Crippen LogP contribution in [0.3, 0.4) is 0 Å². The molecular formula is C19H20F2N2O3. The molecule has 0 aromatic heterocycles. The van der Waals surface area contributed by atoms with Gasteiger partial charge in [0.2, 0.25) is 0 Å². The number of aliphatic hydroxyl groups excluding tert-OH is 1. The van der Waals surface area contributed by atoms with E-state index in [-0.39, 0.29) is 24.3 Å². The number of urea groups is 1. The van der Waals surface area contributed by atoms with Crippen molar-refractivity contribution in [2.45, 2.75) is 31.5 Å². The number of phenolic OH excluding ortho intramolecular Hbond substituents is 1. The van der Waals surface area contributed by atoms with Crippen molar-refractivity contribution < 1.29 is 23.8 Å². The van der Waals surface area contributed by atoms with E-state index in [1.807, 2.05) is 0 Å². The molecule has 3 rings (SSSR count). The molecule has 3 N–H and O–H groups in total. The lowest BCUT2D eigenvalue weighted by Gasteiger charge is -2.27. The molecule has 1 saturated heterocycles. The lowest BCUT2D eigenvalue weighted by Crippen LogP contribution is -2.41. The molecule has 1 aliphatic heterocycles. The maximum absolute atomic E-state index is 14.1. The number of rotatable bonds is 3. The maximum Gasteiger partial charge on any atom is 0.318 e. The number of amides is 2. The quantitative estimate of drug-likeness (QED) is 0.785. The van der Waals surface area contributed by atoms with Crippen molar-refractivity contribution in [3.63, 3.8) is 0 Å². The third-order valence-electron chi connectivity index (χ3n) is 4.57. The number of likely N-dealkylation sites (tertiary alicyclic amines) is 1. The van der Waals surface area contributed by atoms with Gasteiger partial charge < -0.3 is 20.4 Å². The second-order valence-electron chi connectivity index (χ2n) is 6.49. The third kappa shape index (κ3) is 3.77. The van der Waals surface area contributed by atoms with Gasteiger partial charge in [0, 0.05) is 12.1 Å². The SMILES string of the molecule is C[C@H](NC(=O)N1CC(O)CC1c1cc(F)ccc1F)c1cccc(O)c1. The molecule has 0 bridgehead atoms. The average Bonchev–Trinajstić information content (AvgIpc) is 2.98. The summed E-state index contributed by atoms with van der Waals surface area (Å²) in [5.74, 6) is -1.14. The van der Waals surface area contributed by atoms with Crippen molar-refractivity contribution in [1.82, 2.24) is 10.2 Å². The molecule has 0 saturated carbocycles. The van der Waals surface area contributed by atoms with Gasteiger partial charge in [0.15, 0.2) is 0 Å². The topological polar surface area (TPSA) is 72.8 Å². The summed E-state index contributed by atoms with van der Waals surface area (Å²) in [6.07, 6.45) is -0.682. The number of β-amino-alcohol motifs (C(OH)–C–C–N with tert-alkyl or cyclic N) is 1. The minimum Gasteiger partial charge on any atom is -0.508 e. The van der Waals surface area contributed by atoms with Crippen LogP contribution in [0.5, 0.6) is 5.75 Å². The molecule has 1 fully saturated rings. The van der Waals surface area contributed by atoms with Gasteiger partial charge in [-0.15, -0.1) is 0 Å². The second kappa shape index (κ2) is 7.29. The van der Waals surface area contributed by atoms with E-state index in [9.17, 15) is 23.8 Å². The molecule has 0 spiro atoms. The zero-order valence-corrected chi connectivity index (χ0v) is 14.2. The minimum absolute atomic E-state index is 0.0270. The highest BCUT2D eigenvalue weighted by molar-refractivity contribution is 5.75. The van der Waals surface area contributed by atoms with Crippen LogP contribution in [0.15, 0.2) is 42.5 Å². The Labute approximate surface area is 149 Å². The first kappa shape index (κ1) is 18.1. The molecule has 2 amide bonds. The van der Waals surface area contributed by atoms with Crippen LogP contribution in [0.25, 0.3) is 0 Å². The molecule has 1 aliphatic rings. The van der Waals surface area contributed by atoms with E-state index in [1.165, 1.54) is 17.0 Å².